The fraction of sp³-hybridized carbons (Fsp3) is 0.100. The van der Waals surface area contributed by atoms with E-state index in [1.165, 1.54) is 0 Å². The molecule has 0 aliphatic rings. The van der Waals surface area contributed by atoms with Crippen LogP contribution in [-0.2, 0) is 0 Å². The number of hydrogen-bond acceptors (Lipinski definition) is 4. The summed E-state index contributed by atoms with van der Waals surface area (Å²) >= 11 is 0. The predicted octanol–water partition coefficient (Wildman–Crippen LogP) is 5.58. The number of aryl methyl sites for hydroxylation is 2. The van der Waals surface area contributed by atoms with Crippen molar-refractivity contribution >= 4 is 22.7 Å². The van der Waals surface area contributed by atoms with Gasteiger partial charge in [-0.15, -0.1) is 0 Å². The maximum Gasteiger partial charge on any atom is 0.0305 e. The van der Waals surface area contributed by atoms with Crippen molar-refractivity contribution in [2.45, 2.75) is 13.8 Å². The number of benzene rings is 3. The van der Waals surface area contributed by atoms with Crippen molar-refractivity contribution in [1.29, 1.82) is 0 Å². The van der Waals surface area contributed by atoms with Gasteiger partial charge in [-0.05, 0) is 62.4 Å². The van der Waals surface area contributed by atoms with Gasteiger partial charge in [0.2, 0.25) is 0 Å². The van der Waals surface area contributed by atoms with Crippen molar-refractivity contribution in [3.63, 3.8) is 0 Å². The maximum absolute atomic E-state index is 12.4. The molecule has 122 valence electrons. The third kappa shape index (κ3) is 3.40. The van der Waals surface area contributed by atoms with Gasteiger partial charge in [0.05, 0.1) is 0 Å². The van der Waals surface area contributed by atoms with Crippen LogP contribution in [0.2, 0.25) is 0 Å². The van der Waals surface area contributed by atoms with Crippen LogP contribution < -0.4 is 10.1 Å². The van der Waals surface area contributed by atoms with Gasteiger partial charge in [-0.3, -0.25) is 0 Å². The van der Waals surface area contributed by atoms with Crippen molar-refractivity contribution in [2.75, 3.05) is 10.1 Å². The van der Waals surface area contributed by atoms with Crippen LogP contribution in [0.1, 0.15) is 11.1 Å². The molecular weight excluding hydrogens is 300 g/mol. The van der Waals surface area contributed by atoms with Crippen molar-refractivity contribution in [1.82, 2.24) is 0 Å². The zero-order valence-electron chi connectivity index (χ0n) is 13.6. The minimum absolute atomic E-state index is 0.486. The highest BCUT2D eigenvalue weighted by Gasteiger charge is 2.02. The highest BCUT2D eigenvalue weighted by atomic mass is 16.5. The smallest absolute Gasteiger partial charge is 0.0305 e. The Balaban J connectivity index is 1.79. The van der Waals surface area contributed by atoms with E-state index in [4.69, 9.17) is 0 Å². The average molecular weight is 318 g/mol. The van der Waals surface area contributed by atoms with E-state index < -0.39 is 0 Å². The molecule has 0 atom stereocenters. The molecule has 0 aliphatic heterocycles. The first-order chi connectivity index (χ1) is 11.5. The van der Waals surface area contributed by atoms with Gasteiger partial charge in [-0.25, -0.2) is 0 Å². The minimum atomic E-state index is 0.486. The Labute approximate surface area is 141 Å². The quantitative estimate of drug-likeness (QED) is 0.590. The van der Waals surface area contributed by atoms with Crippen LogP contribution >= 0.6 is 0 Å². The van der Waals surface area contributed by atoms with E-state index in [-0.39, 0.29) is 0 Å². The lowest BCUT2D eigenvalue weighted by Crippen LogP contribution is -2.09. The lowest BCUT2D eigenvalue weighted by molar-refractivity contribution is 1.26. The molecule has 3 rings (SSSR count). The Hall–Kier alpha value is -2.82. The van der Waals surface area contributed by atoms with Crippen molar-refractivity contribution in [2.24, 2.45) is 0 Å². The second-order valence-corrected chi connectivity index (χ2v) is 5.78. The third-order valence-electron chi connectivity index (χ3n) is 3.86. The molecule has 3 aromatic rings. The molecular formula is C20H18N2O2-2. The highest BCUT2D eigenvalue weighted by Crippen LogP contribution is 2.29. The molecule has 0 aromatic heterocycles. The summed E-state index contributed by atoms with van der Waals surface area (Å²) in [6, 6.07) is 21.3. The van der Waals surface area contributed by atoms with E-state index in [1.807, 2.05) is 38.1 Å². The second-order valence-electron chi connectivity index (χ2n) is 5.78. The molecule has 24 heavy (non-hydrogen) atoms. The first kappa shape index (κ1) is 16.1. The largest absolute Gasteiger partial charge is 0.754 e. The minimum Gasteiger partial charge on any atom is -0.754 e. The van der Waals surface area contributed by atoms with Crippen LogP contribution in [0.5, 0.6) is 0 Å². The SMILES string of the molecule is Cc1ccc(N([O-])c2ccc(N([O-])c3ccc(C)cc3)cc2)cc1. The lowest BCUT2D eigenvalue weighted by Gasteiger charge is -2.33. The summed E-state index contributed by atoms with van der Waals surface area (Å²) < 4.78 is 0. The Morgan fingerprint density at radius 2 is 0.667 bits per heavy atom. The van der Waals surface area contributed by atoms with Crippen LogP contribution in [0.3, 0.4) is 0 Å². The summed E-state index contributed by atoms with van der Waals surface area (Å²) in [4.78, 5) is 0. The van der Waals surface area contributed by atoms with E-state index in [1.54, 1.807) is 48.5 Å². The van der Waals surface area contributed by atoms with Gasteiger partial charge in [0, 0.05) is 22.7 Å². The number of rotatable bonds is 4. The van der Waals surface area contributed by atoms with Crippen LogP contribution in [0.25, 0.3) is 0 Å². The van der Waals surface area contributed by atoms with Crippen LogP contribution in [0, 0.1) is 24.3 Å². The zero-order valence-corrected chi connectivity index (χ0v) is 13.6. The Bertz CT molecular complexity index is 726. The van der Waals surface area contributed by atoms with Crippen molar-refractivity contribution < 1.29 is 0 Å². The van der Waals surface area contributed by atoms with E-state index in [9.17, 15) is 10.4 Å². The first-order valence-electron chi connectivity index (χ1n) is 7.72. The van der Waals surface area contributed by atoms with Crippen LogP contribution in [0.15, 0.2) is 72.8 Å². The monoisotopic (exact) mass is 318 g/mol. The molecule has 0 N–H and O–H groups in total. The Morgan fingerprint density at radius 1 is 0.458 bits per heavy atom. The molecule has 0 bridgehead atoms. The molecule has 0 aliphatic carbocycles. The summed E-state index contributed by atoms with van der Waals surface area (Å²) in [5.41, 5.74) is 4.29. The number of nitrogens with zero attached hydrogens (tertiary/aromatic N) is 2. The van der Waals surface area contributed by atoms with Crippen molar-refractivity contribution in [3.05, 3.63) is 94.3 Å². The first-order valence-corrected chi connectivity index (χ1v) is 7.72. The molecule has 0 saturated carbocycles. The molecule has 4 nitrogen and oxygen atoms in total. The molecule has 0 fully saturated rings. The van der Waals surface area contributed by atoms with Gasteiger partial charge in [-0.1, -0.05) is 35.4 Å². The van der Waals surface area contributed by atoms with Gasteiger partial charge in [0.25, 0.3) is 0 Å². The standard InChI is InChI=1S/C20H18N2O2/c1-15-3-7-17(8-4-15)21(23)19-11-13-20(14-12-19)22(24)18-9-5-16(2)6-10-18/h3-14H,1-2H3/q-2. The Morgan fingerprint density at radius 3 is 0.917 bits per heavy atom. The van der Waals surface area contributed by atoms with E-state index >= 15 is 0 Å². The fourth-order valence-electron chi connectivity index (χ4n) is 2.38. The average Bonchev–Trinajstić information content (AvgIpc) is 2.62. The van der Waals surface area contributed by atoms with Crippen LogP contribution in [0.4, 0.5) is 22.7 Å². The van der Waals surface area contributed by atoms with Gasteiger partial charge >= 0.3 is 0 Å². The predicted molar refractivity (Wildman–Crippen MR) is 99.8 cm³/mol. The molecule has 0 saturated heterocycles. The van der Waals surface area contributed by atoms with E-state index in [2.05, 4.69) is 0 Å². The molecule has 3 aromatic carbocycles. The van der Waals surface area contributed by atoms with E-state index in [0.717, 1.165) is 21.3 Å². The molecule has 4 heteroatoms. The van der Waals surface area contributed by atoms with Crippen molar-refractivity contribution in [3.8, 4) is 0 Å². The molecule has 0 radical (unpaired) electrons. The molecule has 0 spiro atoms. The molecule has 0 amide bonds. The third-order valence-corrected chi connectivity index (χ3v) is 3.86. The van der Waals surface area contributed by atoms with Crippen LogP contribution in [-0.4, -0.2) is 0 Å². The second kappa shape index (κ2) is 6.74. The van der Waals surface area contributed by atoms with Gasteiger partial charge in [0.1, 0.15) is 0 Å². The number of anilines is 4. The molecule has 0 unspecified atom stereocenters. The number of hydrogen-bond donors (Lipinski definition) is 0. The highest BCUT2D eigenvalue weighted by molar-refractivity contribution is 5.70. The fourth-order valence-corrected chi connectivity index (χ4v) is 2.38. The summed E-state index contributed by atoms with van der Waals surface area (Å²) in [5, 5.41) is 26.4. The molecule has 0 heterocycles. The summed E-state index contributed by atoms with van der Waals surface area (Å²) in [5.74, 6) is 0. The normalized spacial score (nSPS) is 10.5. The van der Waals surface area contributed by atoms with E-state index in [0.29, 0.717) is 22.7 Å². The van der Waals surface area contributed by atoms with Gasteiger partial charge in [-0.2, -0.15) is 0 Å². The summed E-state index contributed by atoms with van der Waals surface area (Å²) in [6.07, 6.45) is 0. The van der Waals surface area contributed by atoms with Gasteiger partial charge < -0.3 is 20.5 Å². The summed E-state index contributed by atoms with van der Waals surface area (Å²) in [6.45, 7) is 3.95. The maximum atomic E-state index is 12.4. The zero-order chi connectivity index (χ0) is 17.1. The van der Waals surface area contributed by atoms with Gasteiger partial charge in [0.15, 0.2) is 0 Å². The lowest BCUT2D eigenvalue weighted by atomic mass is 10.2. The Kier molecular flexibility index (Phi) is 4.51. The summed E-state index contributed by atoms with van der Waals surface area (Å²) in [7, 11) is 0. The topological polar surface area (TPSA) is 52.6 Å².